The first-order chi connectivity index (χ1) is 15.1. The van der Waals surface area contributed by atoms with E-state index in [9.17, 15) is 27.6 Å². The molecule has 1 N–H and O–H groups in total. The van der Waals surface area contributed by atoms with Crippen molar-refractivity contribution in [3.63, 3.8) is 0 Å². The number of ether oxygens (including phenoxy) is 1. The lowest BCUT2D eigenvalue weighted by Crippen LogP contribution is -2.28. The van der Waals surface area contributed by atoms with E-state index in [4.69, 9.17) is 0 Å². The Hall–Kier alpha value is -3.56. The fourth-order valence-electron chi connectivity index (χ4n) is 4.00. The molecule has 1 atom stereocenters. The van der Waals surface area contributed by atoms with Gasteiger partial charge in [-0.1, -0.05) is 0 Å². The van der Waals surface area contributed by atoms with Gasteiger partial charge in [-0.3, -0.25) is 14.4 Å². The molecule has 2 heterocycles. The summed E-state index contributed by atoms with van der Waals surface area (Å²) in [5.74, 6) is -1.62. The summed E-state index contributed by atoms with van der Waals surface area (Å²) in [6.07, 6.45) is -4.07. The van der Waals surface area contributed by atoms with Crippen molar-refractivity contribution >= 4 is 34.8 Å². The number of hydrogen-bond acceptors (Lipinski definition) is 4. The number of anilines is 3. The molecule has 0 spiro atoms. The minimum Gasteiger partial charge on any atom is -0.406 e. The first kappa shape index (κ1) is 21.7. The van der Waals surface area contributed by atoms with Gasteiger partial charge in [-0.05, 0) is 54.4 Å². The molecule has 10 heteroatoms. The Morgan fingerprint density at radius 3 is 2.50 bits per heavy atom. The van der Waals surface area contributed by atoms with Crippen LogP contribution in [0.5, 0.6) is 5.75 Å². The van der Waals surface area contributed by atoms with Crippen molar-refractivity contribution in [1.29, 1.82) is 0 Å². The summed E-state index contributed by atoms with van der Waals surface area (Å²) in [6.45, 7) is 2.29. The monoisotopic (exact) mass is 447 g/mol. The fraction of sp³-hybridized carbons (Fsp3) is 0.318. The lowest BCUT2D eigenvalue weighted by atomic mass is 10.1. The summed E-state index contributed by atoms with van der Waals surface area (Å²) in [5, 5.41) is 2.63. The van der Waals surface area contributed by atoms with Gasteiger partial charge in [0.1, 0.15) is 5.75 Å². The quantitative estimate of drug-likeness (QED) is 0.779. The molecule has 0 unspecified atom stereocenters. The number of nitrogens with zero attached hydrogens (tertiary/aromatic N) is 2. The lowest BCUT2D eigenvalue weighted by molar-refractivity contribution is -0.274. The second kappa shape index (κ2) is 8.18. The number of carbonyl (C=O) groups excluding carboxylic acids is 3. The number of halogens is 3. The molecule has 0 aromatic heterocycles. The summed E-state index contributed by atoms with van der Waals surface area (Å²) in [4.78, 5) is 40.1. The second-order valence-corrected chi connectivity index (χ2v) is 7.70. The predicted octanol–water partition coefficient (Wildman–Crippen LogP) is 3.49. The Morgan fingerprint density at radius 1 is 1.12 bits per heavy atom. The molecule has 7 nitrogen and oxygen atoms in total. The van der Waals surface area contributed by atoms with Gasteiger partial charge in [0.25, 0.3) is 0 Å². The smallest absolute Gasteiger partial charge is 0.406 e. The molecular weight excluding hydrogens is 427 g/mol. The van der Waals surface area contributed by atoms with E-state index in [0.29, 0.717) is 24.3 Å². The summed E-state index contributed by atoms with van der Waals surface area (Å²) < 4.78 is 40.6. The maximum Gasteiger partial charge on any atom is 0.573 e. The van der Waals surface area contributed by atoms with Crippen LogP contribution in [-0.2, 0) is 20.8 Å². The van der Waals surface area contributed by atoms with Crippen LogP contribution < -0.4 is 19.9 Å². The van der Waals surface area contributed by atoms with Crippen LogP contribution in [0.2, 0.25) is 0 Å². The van der Waals surface area contributed by atoms with Crippen molar-refractivity contribution in [2.75, 3.05) is 28.2 Å². The average molecular weight is 447 g/mol. The number of benzene rings is 2. The van der Waals surface area contributed by atoms with E-state index in [1.807, 2.05) is 12.1 Å². The molecule has 0 saturated carbocycles. The van der Waals surface area contributed by atoms with Crippen LogP contribution in [0.4, 0.5) is 30.2 Å². The SMILES string of the molecule is CC(=O)N1CCc2cc(N3C[C@@H](C(=O)Nc4ccc(OC(F)(F)F)cc4)CC3=O)ccc21. The molecular formula is C22H20F3N3O4. The standard InChI is InChI=1S/C22H20F3N3O4/c1-13(29)27-9-8-14-10-17(4-7-19(14)27)28-12-15(11-20(28)30)21(31)26-16-2-5-18(6-3-16)32-22(23,24)25/h2-7,10,15H,8-9,11-12H2,1H3,(H,26,31)/t15-/m0/s1. The number of nitrogens with one attached hydrogen (secondary N) is 1. The molecule has 3 amide bonds. The third-order valence-corrected chi connectivity index (χ3v) is 5.50. The highest BCUT2D eigenvalue weighted by molar-refractivity contribution is 6.04. The van der Waals surface area contributed by atoms with Crippen LogP contribution in [0.25, 0.3) is 0 Å². The number of fused-ring (bicyclic) bond motifs is 1. The topological polar surface area (TPSA) is 79.0 Å². The fourth-order valence-corrected chi connectivity index (χ4v) is 4.00. The van der Waals surface area contributed by atoms with Crippen molar-refractivity contribution in [2.24, 2.45) is 5.92 Å². The largest absolute Gasteiger partial charge is 0.573 e. The summed E-state index contributed by atoms with van der Waals surface area (Å²) >= 11 is 0. The lowest BCUT2D eigenvalue weighted by Gasteiger charge is -2.19. The highest BCUT2D eigenvalue weighted by Crippen LogP contribution is 2.34. The maximum absolute atomic E-state index is 12.6. The summed E-state index contributed by atoms with van der Waals surface area (Å²) in [7, 11) is 0. The average Bonchev–Trinajstić information content (AvgIpc) is 3.31. The number of amides is 3. The normalized spacial score (nSPS) is 18.0. The van der Waals surface area contributed by atoms with Gasteiger partial charge in [0.15, 0.2) is 0 Å². The zero-order valence-electron chi connectivity index (χ0n) is 17.1. The third kappa shape index (κ3) is 4.53. The Morgan fingerprint density at radius 2 is 1.84 bits per heavy atom. The van der Waals surface area contributed by atoms with Crippen LogP contribution in [-0.4, -0.2) is 37.2 Å². The van der Waals surface area contributed by atoms with Crippen molar-refractivity contribution in [1.82, 2.24) is 0 Å². The molecule has 4 rings (SSSR count). The molecule has 2 aliphatic heterocycles. The molecule has 2 aromatic carbocycles. The molecule has 2 aromatic rings. The Bertz CT molecular complexity index is 1070. The van der Waals surface area contributed by atoms with Crippen LogP contribution in [0.3, 0.4) is 0 Å². The van der Waals surface area contributed by atoms with Crippen molar-refractivity contribution in [2.45, 2.75) is 26.1 Å². The zero-order valence-corrected chi connectivity index (χ0v) is 17.1. The first-order valence-corrected chi connectivity index (χ1v) is 9.99. The van der Waals surface area contributed by atoms with Gasteiger partial charge >= 0.3 is 6.36 Å². The number of hydrogen-bond donors (Lipinski definition) is 1. The molecule has 1 saturated heterocycles. The van der Waals surface area contributed by atoms with Gasteiger partial charge in [0.05, 0.1) is 5.92 Å². The minimum atomic E-state index is -4.79. The van der Waals surface area contributed by atoms with Gasteiger partial charge in [-0.2, -0.15) is 0 Å². The molecule has 0 radical (unpaired) electrons. The highest BCUT2D eigenvalue weighted by Gasteiger charge is 2.36. The number of carbonyl (C=O) groups is 3. The van der Waals surface area contributed by atoms with E-state index in [2.05, 4.69) is 10.1 Å². The van der Waals surface area contributed by atoms with Gasteiger partial charge in [0.2, 0.25) is 17.7 Å². The first-order valence-electron chi connectivity index (χ1n) is 9.99. The van der Waals surface area contributed by atoms with E-state index >= 15 is 0 Å². The maximum atomic E-state index is 12.6. The summed E-state index contributed by atoms with van der Waals surface area (Å²) in [6, 6.07) is 10.2. The van der Waals surface area contributed by atoms with Crippen LogP contribution >= 0.6 is 0 Å². The number of alkyl halides is 3. The molecule has 168 valence electrons. The molecule has 32 heavy (non-hydrogen) atoms. The third-order valence-electron chi connectivity index (χ3n) is 5.50. The Labute approximate surface area is 181 Å². The van der Waals surface area contributed by atoms with E-state index < -0.39 is 23.9 Å². The van der Waals surface area contributed by atoms with E-state index in [-0.39, 0.29) is 24.8 Å². The molecule has 2 aliphatic rings. The highest BCUT2D eigenvalue weighted by atomic mass is 19.4. The molecule has 0 bridgehead atoms. The van der Waals surface area contributed by atoms with Gasteiger partial charge in [0, 0.05) is 43.5 Å². The van der Waals surface area contributed by atoms with Crippen molar-refractivity contribution < 1.29 is 32.3 Å². The van der Waals surface area contributed by atoms with E-state index in [1.165, 1.54) is 19.1 Å². The van der Waals surface area contributed by atoms with Crippen LogP contribution in [0.1, 0.15) is 18.9 Å². The Balaban J connectivity index is 1.40. The van der Waals surface area contributed by atoms with Gasteiger partial charge < -0.3 is 19.9 Å². The second-order valence-electron chi connectivity index (χ2n) is 7.70. The minimum absolute atomic E-state index is 0.0256. The van der Waals surface area contributed by atoms with Crippen molar-refractivity contribution in [3.05, 3.63) is 48.0 Å². The summed E-state index contributed by atoms with van der Waals surface area (Å²) in [5.41, 5.74) is 2.78. The molecule has 1 fully saturated rings. The Kier molecular flexibility index (Phi) is 5.53. The van der Waals surface area contributed by atoms with Crippen molar-refractivity contribution in [3.8, 4) is 5.75 Å². The molecule has 0 aliphatic carbocycles. The number of rotatable bonds is 4. The van der Waals surface area contributed by atoms with E-state index in [0.717, 1.165) is 23.4 Å². The van der Waals surface area contributed by atoms with Gasteiger partial charge in [-0.15, -0.1) is 13.2 Å². The zero-order chi connectivity index (χ0) is 23.0. The van der Waals surface area contributed by atoms with Crippen LogP contribution in [0.15, 0.2) is 42.5 Å². The predicted molar refractivity (Wildman–Crippen MR) is 110 cm³/mol. The van der Waals surface area contributed by atoms with Gasteiger partial charge in [-0.25, -0.2) is 0 Å². The van der Waals surface area contributed by atoms with E-state index in [1.54, 1.807) is 15.9 Å². The van der Waals surface area contributed by atoms with Crippen LogP contribution in [0, 0.1) is 5.92 Å².